The van der Waals surface area contributed by atoms with Crippen LogP contribution in [0.25, 0.3) is 77.7 Å². The van der Waals surface area contributed by atoms with Crippen molar-refractivity contribution in [2.75, 3.05) is 0 Å². The van der Waals surface area contributed by atoms with E-state index in [1.807, 2.05) is 48.2 Å². The summed E-state index contributed by atoms with van der Waals surface area (Å²) in [5.41, 5.74) is 22.8. The van der Waals surface area contributed by atoms with Gasteiger partial charge < -0.3 is 0 Å². The summed E-state index contributed by atoms with van der Waals surface area (Å²) < 4.78 is 2.25. The highest BCUT2D eigenvalue weighted by Gasteiger charge is 2.38. The van der Waals surface area contributed by atoms with E-state index in [0.29, 0.717) is 46.5 Å². The number of nitrogens with zero attached hydrogens (tertiary/aromatic N) is 4. The fraction of sp³-hybridized carbons (Fsp3) is 0.208. The van der Waals surface area contributed by atoms with Gasteiger partial charge in [-0.25, -0.2) is 4.98 Å². The third kappa shape index (κ3) is 8.33. The van der Waals surface area contributed by atoms with E-state index >= 15 is 0 Å². The lowest BCUT2D eigenvalue weighted by molar-refractivity contribution is 0.630. The van der Waals surface area contributed by atoms with E-state index in [1.54, 1.807) is 0 Å². The first-order valence-electron chi connectivity index (χ1n) is 27.7. The van der Waals surface area contributed by atoms with Crippen molar-refractivity contribution in [1.29, 1.82) is 0 Å². The molecule has 2 aromatic heterocycles. The zero-order chi connectivity index (χ0) is 52.1. The zero-order valence-corrected chi connectivity index (χ0v) is 45.6. The molecule has 0 bridgehead atoms. The molecular formula is C72H62N4S. The molecule has 0 N–H and O–H groups in total. The molecule has 376 valence electrons. The monoisotopic (exact) mass is 1010 g/mol. The molecule has 8 aromatic rings. The zero-order valence-electron chi connectivity index (χ0n) is 44.8. The average molecular weight is 1020 g/mol. The molecule has 5 unspecified atom stereocenters. The van der Waals surface area contributed by atoms with E-state index < -0.39 is 0 Å². The summed E-state index contributed by atoms with van der Waals surface area (Å²) in [4.78, 5) is 16.9. The molecule has 0 saturated heterocycles. The van der Waals surface area contributed by atoms with Gasteiger partial charge in [-0.1, -0.05) is 203 Å². The van der Waals surface area contributed by atoms with Crippen molar-refractivity contribution in [2.45, 2.75) is 77.4 Å². The van der Waals surface area contributed by atoms with Crippen LogP contribution in [0.4, 0.5) is 0 Å². The topological polar surface area (TPSA) is 43.6 Å². The van der Waals surface area contributed by atoms with Crippen molar-refractivity contribution in [3.05, 3.63) is 256 Å². The average Bonchev–Trinajstić information content (AvgIpc) is 4.33. The normalized spacial score (nSPS) is 22.1. The van der Waals surface area contributed by atoms with Gasteiger partial charge in [-0.3, -0.25) is 4.57 Å². The van der Waals surface area contributed by atoms with Crippen molar-refractivity contribution in [1.82, 2.24) is 19.5 Å². The van der Waals surface area contributed by atoms with Gasteiger partial charge in [-0.2, -0.15) is 9.97 Å². The third-order valence-electron chi connectivity index (χ3n) is 17.3. The first-order valence-corrected chi connectivity index (χ1v) is 28.6. The van der Waals surface area contributed by atoms with Gasteiger partial charge in [0.05, 0.1) is 11.0 Å². The van der Waals surface area contributed by atoms with Crippen LogP contribution in [-0.4, -0.2) is 24.8 Å². The second-order valence-electron chi connectivity index (χ2n) is 22.9. The Morgan fingerprint density at radius 3 is 2.13 bits per heavy atom. The number of hydrogen-bond acceptors (Lipinski definition) is 4. The van der Waals surface area contributed by atoms with E-state index in [-0.39, 0.29) is 5.41 Å². The maximum atomic E-state index is 5.23. The molecule has 6 aromatic carbocycles. The number of fused-ring (bicyclic) bond motifs is 7. The number of thioether (sulfide) groups is 1. The van der Waals surface area contributed by atoms with Gasteiger partial charge in [-0.05, 0) is 148 Å². The van der Waals surface area contributed by atoms with Crippen LogP contribution in [0, 0.1) is 17.8 Å². The van der Waals surface area contributed by atoms with Crippen LogP contribution in [0.1, 0.15) is 100 Å². The standard InChI is InChI=1S/C72H62N4S/c1-43-24-26-45(3)59(32-43)55-35-54(36-56(37-55)60-33-44(2)25-27-46(60)4)50-21-15-20-49(34-50)51-28-29-53-40-68(77-67(53)39-51)52-30-31-57-61-41-62-58-22-13-14-23-65(58)76(66(62)42-64(61)72(5,6)63(57)38-52)71-74-69(47-16-9-7-10-17-47)73-70(75-71)48-18-11-8-12-19-48/h7-14,16-20,22-24,26-42,44-45,53,59,67H,15,21,25H2,1-6H3. The van der Waals surface area contributed by atoms with Crippen molar-refractivity contribution >= 4 is 49.6 Å². The number of benzene rings is 6. The molecule has 5 aliphatic carbocycles. The van der Waals surface area contributed by atoms with Crippen LogP contribution in [0.15, 0.2) is 223 Å². The predicted molar refractivity (Wildman–Crippen MR) is 325 cm³/mol. The molecule has 6 aliphatic rings. The maximum Gasteiger partial charge on any atom is 0.238 e. The Kier molecular flexibility index (Phi) is 11.6. The first-order chi connectivity index (χ1) is 37.5. The summed E-state index contributed by atoms with van der Waals surface area (Å²) in [6, 6.07) is 48.7. The lowest BCUT2D eigenvalue weighted by Crippen LogP contribution is -2.15. The van der Waals surface area contributed by atoms with Crippen molar-refractivity contribution in [3.63, 3.8) is 0 Å². The minimum atomic E-state index is -0.246. The highest BCUT2D eigenvalue weighted by atomic mass is 32.2. The SMILES string of the molecule is CC1=CC(c2cc(C3=CC(C4=CC5SC(c6ccc7c(c6)C(C)(C)c6cc8c(cc6-7)c6ccccc6n8-c6nc(-c7ccccc7)nc(-c7ccccc7)n6)=CC5C=C4)=CCC3)cc(C3=CC(C)CC=C3C)c2)C(C)C=C1. The molecule has 0 fully saturated rings. The van der Waals surface area contributed by atoms with E-state index in [1.165, 1.54) is 93.6 Å². The fourth-order valence-corrected chi connectivity index (χ4v) is 14.4. The molecule has 3 heterocycles. The van der Waals surface area contributed by atoms with Crippen LogP contribution in [-0.2, 0) is 5.41 Å². The van der Waals surface area contributed by atoms with Gasteiger partial charge in [0.2, 0.25) is 5.95 Å². The van der Waals surface area contributed by atoms with Gasteiger partial charge in [0, 0.05) is 49.3 Å². The summed E-state index contributed by atoms with van der Waals surface area (Å²) in [7, 11) is 0. The van der Waals surface area contributed by atoms with Crippen molar-refractivity contribution < 1.29 is 0 Å². The predicted octanol–water partition coefficient (Wildman–Crippen LogP) is 18.6. The second kappa shape index (κ2) is 18.7. The van der Waals surface area contributed by atoms with Gasteiger partial charge in [0.1, 0.15) is 0 Å². The smallest absolute Gasteiger partial charge is 0.238 e. The van der Waals surface area contributed by atoms with E-state index in [0.717, 1.165) is 41.4 Å². The van der Waals surface area contributed by atoms with Crippen LogP contribution in [0.5, 0.6) is 0 Å². The van der Waals surface area contributed by atoms with E-state index in [4.69, 9.17) is 15.0 Å². The van der Waals surface area contributed by atoms with Crippen molar-refractivity contribution in [3.8, 4) is 39.9 Å². The third-order valence-corrected chi connectivity index (χ3v) is 18.6. The van der Waals surface area contributed by atoms with Gasteiger partial charge >= 0.3 is 0 Å². The lowest BCUT2D eigenvalue weighted by atomic mass is 9.78. The van der Waals surface area contributed by atoms with E-state index in [2.05, 4.69) is 210 Å². The van der Waals surface area contributed by atoms with Gasteiger partial charge in [-0.15, -0.1) is 11.8 Å². The molecule has 0 spiro atoms. The van der Waals surface area contributed by atoms with E-state index in [9.17, 15) is 0 Å². The molecule has 0 radical (unpaired) electrons. The molecular weight excluding hydrogens is 953 g/mol. The summed E-state index contributed by atoms with van der Waals surface area (Å²) in [6.45, 7) is 14.0. The Bertz CT molecular complexity index is 4010. The number of aromatic nitrogens is 4. The maximum absolute atomic E-state index is 5.23. The number of hydrogen-bond donors (Lipinski definition) is 0. The first kappa shape index (κ1) is 47.6. The van der Waals surface area contributed by atoms with Gasteiger partial charge in [0.15, 0.2) is 11.6 Å². The Morgan fingerprint density at radius 2 is 1.34 bits per heavy atom. The summed E-state index contributed by atoms with van der Waals surface area (Å²) >= 11 is 2.02. The molecule has 14 rings (SSSR count). The minimum Gasteiger partial charge on any atom is -0.278 e. The fourth-order valence-electron chi connectivity index (χ4n) is 13.0. The van der Waals surface area contributed by atoms with Crippen molar-refractivity contribution in [2.24, 2.45) is 17.8 Å². The molecule has 4 nitrogen and oxygen atoms in total. The number of allylic oxidation sites excluding steroid dienone is 16. The quantitative estimate of drug-likeness (QED) is 0.152. The Morgan fingerprint density at radius 1 is 0.597 bits per heavy atom. The Labute approximate surface area is 457 Å². The molecule has 0 saturated carbocycles. The minimum absolute atomic E-state index is 0.246. The Hall–Kier alpha value is -7.86. The molecule has 5 heteroatoms. The molecule has 0 amide bonds. The second-order valence-corrected chi connectivity index (χ2v) is 24.1. The summed E-state index contributed by atoms with van der Waals surface area (Å²) in [5, 5.41) is 2.71. The number of rotatable bonds is 8. The van der Waals surface area contributed by atoms with Crippen LogP contribution in [0.3, 0.4) is 0 Å². The summed E-state index contributed by atoms with van der Waals surface area (Å²) in [5.74, 6) is 3.61. The molecule has 5 atom stereocenters. The molecule has 1 aliphatic heterocycles. The summed E-state index contributed by atoms with van der Waals surface area (Å²) in [6.07, 6.45) is 30.2. The molecule has 77 heavy (non-hydrogen) atoms. The van der Waals surface area contributed by atoms with Gasteiger partial charge in [0.25, 0.3) is 0 Å². The highest BCUT2D eigenvalue weighted by molar-refractivity contribution is 8.09. The Balaban J connectivity index is 0.773. The van der Waals surface area contributed by atoms with Crippen LogP contribution in [0.2, 0.25) is 0 Å². The lowest BCUT2D eigenvalue weighted by Gasteiger charge is -2.26. The number of para-hydroxylation sites is 1. The highest BCUT2D eigenvalue weighted by Crippen LogP contribution is 2.54. The largest absolute Gasteiger partial charge is 0.278 e. The van der Waals surface area contributed by atoms with Crippen LogP contribution < -0.4 is 0 Å². The van der Waals surface area contributed by atoms with Crippen LogP contribution >= 0.6 is 11.8 Å².